The Bertz CT molecular complexity index is 313. The van der Waals surface area contributed by atoms with E-state index >= 15 is 0 Å². The number of rotatable bonds is 14. The molecule has 1 N–H and O–H groups in total. The summed E-state index contributed by atoms with van der Waals surface area (Å²) in [7, 11) is 0. The fourth-order valence-corrected chi connectivity index (χ4v) is 1.61. The van der Waals surface area contributed by atoms with E-state index in [1.165, 1.54) is 0 Å². The molecule has 0 radical (unpaired) electrons. The normalized spacial score (nSPS) is 11.2. The molecule has 128 valence electrons. The minimum Gasteiger partial charge on any atom is -0.379 e. The molecule has 0 aromatic carbocycles. The number of amides is 1. The Balaban J connectivity index is 3.84. The van der Waals surface area contributed by atoms with Crippen molar-refractivity contribution < 1.29 is 23.9 Å². The number of carbonyl (C=O) groups is 3. The molecule has 22 heavy (non-hydrogen) atoms. The second-order valence-electron chi connectivity index (χ2n) is 5.87. The molecular formula is C16H29NO5. The first kappa shape index (κ1) is 20.7. The summed E-state index contributed by atoms with van der Waals surface area (Å²) in [5.74, 6) is 0.329. The van der Waals surface area contributed by atoms with Gasteiger partial charge < -0.3 is 14.8 Å². The van der Waals surface area contributed by atoms with E-state index in [-0.39, 0.29) is 42.7 Å². The van der Waals surface area contributed by atoms with E-state index < -0.39 is 0 Å². The Morgan fingerprint density at radius 1 is 0.909 bits per heavy atom. The van der Waals surface area contributed by atoms with E-state index in [0.717, 1.165) is 0 Å². The van der Waals surface area contributed by atoms with Crippen molar-refractivity contribution in [2.45, 2.75) is 46.6 Å². The Morgan fingerprint density at radius 2 is 1.32 bits per heavy atom. The van der Waals surface area contributed by atoms with Gasteiger partial charge in [-0.25, -0.2) is 0 Å². The lowest BCUT2D eigenvalue weighted by molar-refractivity contribution is -0.123. The number of ether oxygens (including phenoxy) is 2. The smallest absolute Gasteiger partial charge is 0.207 e. The lowest BCUT2D eigenvalue weighted by Gasteiger charge is -2.16. The molecule has 0 spiro atoms. The zero-order valence-corrected chi connectivity index (χ0v) is 14.1. The maximum atomic E-state index is 11.4. The van der Waals surface area contributed by atoms with Gasteiger partial charge in [-0.1, -0.05) is 27.7 Å². The molecule has 0 aliphatic rings. The van der Waals surface area contributed by atoms with Crippen LogP contribution in [-0.4, -0.2) is 50.4 Å². The fourth-order valence-electron chi connectivity index (χ4n) is 1.61. The van der Waals surface area contributed by atoms with Crippen molar-refractivity contribution in [2.24, 2.45) is 11.8 Å². The molecule has 0 aliphatic carbocycles. The molecule has 0 aliphatic heterocycles. The number of hydrogen-bond acceptors (Lipinski definition) is 5. The summed E-state index contributed by atoms with van der Waals surface area (Å²) >= 11 is 0. The monoisotopic (exact) mass is 315 g/mol. The Hall–Kier alpha value is -1.27. The van der Waals surface area contributed by atoms with Crippen LogP contribution < -0.4 is 5.32 Å². The highest BCUT2D eigenvalue weighted by Gasteiger charge is 2.11. The molecule has 6 heteroatoms. The van der Waals surface area contributed by atoms with Crippen LogP contribution in [-0.2, 0) is 23.9 Å². The number of hydrogen-bond donors (Lipinski definition) is 1. The van der Waals surface area contributed by atoms with Gasteiger partial charge in [-0.2, -0.15) is 0 Å². The molecule has 6 nitrogen and oxygen atoms in total. The average Bonchev–Trinajstić information content (AvgIpc) is 2.46. The van der Waals surface area contributed by atoms with Crippen molar-refractivity contribution >= 4 is 18.0 Å². The third kappa shape index (κ3) is 10.5. The molecule has 1 amide bonds. The Kier molecular flexibility index (Phi) is 11.6. The number of nitrogens with one attached hydrogen (secondary N) is 1. The lowest BCUT2D eigenvalue weighted by atomic mass is 10.1. The minimum absolute atomic E-state index is 0.00863. The molecular weight excluding hydrogens is 286 g/mol. The van der Waals surface area contributed by atoms with Crippen molar-refractivity contribution in [3.8, 4) is 0 Å². The van der Waals surface area contributed by atoms with Gasteiger partial charge >= 0.3 is 0 Å². The molecule has 0 saturated carbocycles. The van der Waals surface area contributed by atoms with E-state index in [2.05, 4.69) is 5.32 Å². The van der Waals surface area contributed by atoms with E-state index in [1.807, 2.05) is 27.7 Å². The molecule has 0 aromatic heterocycles. The first-order chi connectivity index (χ1) is 10.4. The van der Waals surface area contributed by atoms with Crippen LogP contribution in [0, 0.1) is 11.8 Å². The summed E-state index contributed by atoms with van der Waals surface area (Å²) in [6.07, 6.45) is 1.33. The van der Waals surface area contributed by atoms with E-state index in [4.69, 9.17) is 9.47 Å². The van der Waals surface area contributed by atoms with Gasteiger partial charge in [-0.3, -0.25) is 14.4 Å². The highest BCUT2D eigenvalue weighted by Crippen LogP contribution is 2.01. The van der Waals surface area contributed by atoms with Gasteiger partial charge in [0.2, 0.25) is 6.41 Å². The molecule has 0 aromatic rings. The molecule has 0 saturated heterocycles. The maximum absolute atomic E-state index is 11.4. The predicted molar refractivity (Wildman–Crippen MR) is 83.5 cm³/mol. The van der Waals surface area contributed by atoms with Crippen LogP contribution >= 0.6 is 0 Å². The lowest BCUT2D eigenvalue weighted by Crippen LogP contribution is -2.37. The van der Waals surface area contributed by atoms with Crippen LogP contribution in [0.15, 0.2) is 0 Å². The first-order valence-electron chi connectivity index (χ1n) is 7.79. The van der Waals surface area contributed by atoms with Crippen LogP contribution in [0.1, 0.15) is 40.5 Å². The Morgan fingerprint density at radius 3 is 1.64 bits per heavy atom. The SMILES string of the molecule is CC(C)C(=O)CCOCC(COCCC(=O)C(C)C)NC=O. The highest BCUT2D eigenvalue weighted by atomic mass is 16.5. The molecule has 0 rings (SSSR count). The van der Waals surface area contributed by atoms with Crippen LogP contribution in [0.3, 0.4) is 0 Å². The zero-order valence-electron chi connectivity index (χ0n) is 14.1. The summed E-state index contributed by atoms with van der Waals surface area (Å²) in [5.41, 5.74) is 0. The summed E-state index contributed by atoms with van der Waals surface area (Å²) in [6.45, 7) is 8.64. The minimum atomic E-state index is -0.277. The standard InChI is InChI=1S/C16H29NO5/c1-12(2)15(19)5-7-21-9-14(17-11-18)10-22-8-6-16(20)13(3)4/h11-14H,5-10H2,1-4H3,(H,17,18). The number of carbonyl (C=O) groups excluding carboxylic acids is 3. The van der Waals surface area contributed by atoms with Crippen LogP contribution in [0.4, 0.5) is 0 Å². The van der Waals surface area contributed by atoms with E-state index in [9.17, 15) is 14.4 Å². The second-order valence-corrected chi connectivity index (χ2v) is 5.87. The average molecular weight is 315 g/mol. The van der Waals surface area contributed by atoms with Gasteiger partial charge in [-0.15, -0.1) is 0 Å². The summed E-state index contributed by atoms with van der Waals surface area (Å²) in [4.78, 5) is 33.4. The second kappa shape index (κ2) is 12.3. The number of ketones is 2. The van der Waals surface area contributed by atoms with Gasteiger partial charge in [0.15, 0.2) is 0 Å². The van der Waals surface area contributed by atoms with Gasteiger partial charge in [0.05, 0.1) is 32.5 Å². The zero-order chi connectivity index (χ0) is 17.0. The van der Waals surface area contributed by atoms with Gasteiger partial charge in [0.25, 0.3) is 0 Å². The summed E-state index contributed by atoms with van der Waals surface area (Å²) < 4.78 is 10.8. The van der Waals surface area contributed by atoms with Crippen molar-refractivity contribution in [3.63, 3.8) is 0 Å². The topological polar surface area (TPSA) is 81.7 Å². The fraction of sp³-hybridized carbons (Fsp3) is 0.812. The maximum Gasteiger partial charge on any atom is 0.207 e. The van der Waals surface area contributed by atoms with E-state index in [1.54, 1.807) is 0 Å². The van der Waals surface area contributed by atoms with E-state index in [0.29, 0.717) is 32.5 Å². The van der Waals surface area contributed by atoms with Gasteiger partial charge in [-0.05, 0) is 0 Å². The van der Waals surface area contributed by atoms with Gasteiger partial charge in [0.1, 0.15) is 11.6 Å². The Labute approximate surface area is 132 Å². The molecule has 0 unspecified atom stereocenters. The van der Waals surface area contributed by atoms with Crippen molar-refractivity contribution in [1.29, 1.82) is 0 Å². The van der Waals surface area contributed by atoms with Crippen molar-refractivity contribution in [1.82, 2.24) is 5.32 Å². The molecule has 0 atom stereocenters. The van der Waals surface area contributed by atoms with Crippen molar-refractivity contribution in [3.05, 3.63) is 0 Å². The highest BCUT2D eigenvalue weighted by molar-refractivity contribution is 5.80. The third-order valence-electron chi connectivity index (χ3n) is 3.22. The van der Waals surface area contributed by atoms with Gasteiger partial charge in [0, 0.05) is 24.7 Å². The van der Waals surface area contributed by atoms with Crippen LogP contribution in [0.25, 0.3) is 0 Å². The summed E-state index contributed by atoms with van der Waals surface area (Å²) in [5, 5.41) is 2.60. The predicted octanol–water partition coefficient (Wildman–Crippen LogP) is 1.36. The summed E-state index contributed by atoms with van der Waals surface area (Å²) in [6, 6.07) is -0.277. The van der Waals surface area contributed by atoms with Crippen molar-refractivity contribution in [2.75, 3.05) is 26.4 Å². The first-order valence-corrected chi connectivity index (χ1v) is 7.79. The molecule has 0 bridgehead atoms. The van der Waals surface area contributed by atoms with Crippen LogP contribution in [0.5, 0.6) is 0 Å². The quantitative estimate of drug-likeness (QED) is 0.387. The molecule has 0 heterocycles. The number of Topliss-reactive ketones (excluding diaryl/α,β-unsaturated/α-hetero) is 2. The van der Waals surface area contributed by atoms with Crippen LogP contribution in [0.2, 0.25) is 0 Å². The largest absolute Gasteiger partial charge is 0.379 e. The third-order valence-corrected chi connectivity index (χ3v) is 3.22. The molecule has 0 fully saturated rings.